The van der Waals surface area contributed by atoms with Crippen molar-refractivity contribution in [2.24, 2.45) is 0 Å². The van der Waals surface area contributed by atoms with E-state index in [0.717, 1.165) is 43.7 Å². The molecule has 5 heteroatoms. The van der Waals surface area contributed by atoms with Gasteiger partial charge in [-0.15, -0.1) is 0 Å². The summed E-state index contributed by atoms with van der Waals surface area (Å²) in [6, 6.07) is 13.3. The van der Waals surface area contributed by atoms with Crippen LogP contribution in [0.1, 0.15) is 37.3 Å². The number of amides is 1. The smallest absolute Gasteiger partial charge is 0.226 e. The number of hydrogen-bond donors (Lipinski definition) is 0. The maximum atomic E-state index is 13.3. The minimum atomic E-state index is -0.383. The van der Waals surface area contributed by atoms with Gasteiger partial charge in [0.2, 0.25) is 5.91 Å². The second kappa shape index (κ2) is 8.85. The van der Waals surface area contributed by atoms with Crippen LogP contribution in [0.5, 0.6) is 0 Å². The van der Waals surface area contributed by atoms with Gasteiger partial charge in [0.05, 0.1) is 5.02 Å². The summed E-state index contributed by atoms with van der Waals surface area (Å²) in [7, 11) is 0. The molecule has 1 amide bonds. The molecule has 144 valence electrons. The third kappa shape index (κ3) is 4.88. The van der Waals surface area contributed by atoms with Crippen LogP contribution in [0.3, 0.4) is 0 Å². The summed E-state index contributed by atoms with van der Waals surface area (Å²) in [5.74, 6) is -0.214. The Hall–Kier alpha value is -1.91. The molecule has 0 bridgehead atoms. The van der Waals surface area contributed by atoms with E-state index in [1.165, 1.54) is 11.6 Å². The Kier molecular flexibility index (Phi) is 6.51. The Morgan fingerprint density at radius 1 is 1.19 bits per heavy atom. The minimum Gasteiger partial charge on any atom is -0.309 e. The van der Waals surface area contributed by atoms with Crippen molar-refractivity contribution in [1.82, 2.24) is 4.90 Å². The molecule has 3 rings (SSSR count). The number of aryl methyl sites for hydroxylation is 1. The van der Waals surface area contributed by atoms with Crippen LogP contribution < -0.4 is 4.90 Å². The molecule has 0 unspecified atom stereocenters. The van der Waals surface area contributed by atoms with Gasteiger partial charge in [-0.2, -0.15) is 0 Å². The van der Waals surface area contributed by atoms with E-state index in [1.54, 1.807) is 12.1 Å². The lowest BCUT2D eigenvalue weighted by atomic mass is 10.0. The topological polar surface area (TPSA) is 23.6 Å². The van der Waals surface area contributed by atoms with Crippen LogP contribution in [0.4, 0.5) is 10.1 Å². The highest BCUT2D eigenvalue weighted by molar-refractivity contribution is 6.30. The molecule has 3 nitrogen and oxygen atoms in total. The molecule has 1 aliphatic heterocycles. The lowest BCUT2D eigenvalue weighted by molar-refractivity contribution is -0.119. The summed E-state index contributed by atoms with van der Waals surface area (Å²) in [6.07, 6.45) is 2.35. The van der Waals surface area contributed by atoms with Crippen LogP contribution in [0.25, 0.3) is 0 Å². The van der Waals surface area contributed by atoms with Crippen LogP contribution in [0, 0.1) is 12.7 Å². The molecule has 1 fully saturated rings. The van der Waals surface area contributed by atoms with Gasteiger partial charge in [0.15, 0.2) is 0 Å². The molecule has 0 aromatic heterocycles. The fourth-order valence-corrected chi connectivity index (χ4v) is 3.87. The number of benzene rings is 2. The highest BCUT2D eigenvalue weighted by atomic mass is 35.5. The molecule has 0 saturated carbocycles. The van der Waals surface area contributed by atoms with Crippen LogP contribution in [0.15, 0.2) is 42.5 Å². The SMILES string of the molecule is CCC(=O)N(c1ccc(C)cc1)C1CCN(Cc2ccc(F)c(Cl)c2)CC1. The van der Waals surface area contributed by atoms with Crippen molar-refractivity contribution in [3.8, 4) is 0 Å². The lowest BCUT2D eigenvalue weighted by Gasteiger charge is -2.38. The largest absolute Gasteiger partial charge is 0.309 e. The van der Waals surface area contributed by atoms with Gasteiger partial charge in [0, 0.05) is 37.8 Å². The van der Waals surface area contributed by atoms with Crippen molar-refractivity contribution in [3.05, 3.63) is 64.4 Å². The quantitative estimate of drug-likeness (QED) is 0.703. The monoisotopic (exact) mass is 388 g/mol. The zero-order valence-corrected chi connectivity index (χ0v) is 16.7. The minimum absolute atomic E-state index is 0.168. The standard InChI is InChI=1S/C22H26ClFN2O/c1-3-22(27)26(18-7-4-16(2)5-8-18)19-10-12-25(13-11-19)15-17-6-9-21(24)20(23)14-17/h4-9,14,19H,3,10-13,15H2,1-2H3. The van der Waals surface area contributed by atoms with E-state index in [4.69, 9.17) is 11.6 Å². The first kappa shape index (κ1) is 19.8. The molecule has 0 aliphatic carbocycles. The Morgan fingerprint density at radius 3 is 2.44 bits per heavy atom. The third-order valence-corrected chi connectivity index (χ3v) is 5.49. The molecule has 0 radical (unpaired) electrons. The molecule has 2 aromatic rings. The predicted octanol–water partition coefficient (Wildman–Crippen LogP) is 5.20. The van der Waals surface area contributed by atoms with Gasteiger partial charge >= 0.3 is 0 Å². The summed E-state index contributed by atoms with van der Waals surface area (Å²) >= 11 is 5.89. The maximum absolute atomic E-state index is 13.3. The van der Waals surface area contributed by atoms with E-state index in [-0.39, 0.29) is 22.8 Å². The number of carbonyl (C=O) groups is 1. The molecule has 2 aromatic carbocycles. The fourth-order valence-electron chi connectivity index (χ4n) is 3.67. The first-order valence-corrected chi connectivity index (χ1v) is 9.90. The Balaban J connectivity index is 1.65. The summed E-state index contributed by atoms with van der Waals surface area (Å²) in [5, 5.41) is 0.168. The third-order valence-electron chi connectivity index (χ3n) is 5.20. The van der Waals surface area contributed by atoms with Gasteiger partial charge in [-0.1, -0.05) is 42.3 Å². The van der Waals surface area contributed by atoms with Crippen molar-refractivity contribution < 1.29 is 9.18 Å². The molecule has 27 heavy (non-hydrogen) atoms. The Morgan fingerprint density at radius 2 is 1.85 bits per heavy atom. The van der Waals surface area contributed by atoms with Crippen LogP contribution in [0.2, 0.25) is 5.02 Å². The summed E-state index contributed by atoms with van der Waals surface area (Å²) in [5.41, 5.74) is 3.19. The van der Waals surface area contributed by atoms with Gasteiger partial charge in [-0.25, -0.2) is 4.39 Å². The first-order chi connectivity index (χ1) is 13.0. The molecule has 0 atom stereocenters. The maximum Gasteiger partial charge on any atom is 0.226 e. The molecule has 1 aliphatic rings. The van der Waals surface area contributed by atoms with Crippen LogP contribution in [-0.2, 0) is 11.3 Å². The van der Waals surface area contributed by atoms with Crippen molar-refractivity contribution in [2.75, 3.05) is 18.0 Å². The van der Waals surface area contributed by atoms with E-state index >= 15 is 0 Å². The van der Waals surface area contributed by atoms with Crippen LogP contribution in [-0.4, -0.2) is 29.9 Å². The van der Waals surface area contributed by atoms with E-state index in [1.807, 2.05) is 24.0 Å². The molecule has 1 heterocycles. The zero-order chi connectivity index (χ0) is 19.4. The van der Waals surface area contributed by atoms with Crippen molar-refractivity contribution >= 4 is 23.2 Å². The van der Waals surface area contributed by atoms with E-state index in [2.05, 4.69) is 24.0 Å². The molecular weight excluding hydrogens is 363 g/mol. The summed E-state index contributed by atoms with van der Waals surface area (Å²) in [4.78, 5) is 16.9. The zero-order valence-electron chi connectivity index (χ0n) is 15.9. The number of halogens is 2. The van der Waals surface area contributed by atoms with Gasteiger partial charge in [-0.05, 0) is 49.6 Å². The number of hydrogen-bond acceptors (Lipinski definition) is 2. The Bertz CT molecular complexity index is 785. The van der Waals surface area contributed by atoms with Gasteiger partial charge in [0.25, 0.3) is 0 Å². The molecule has 1 saturated heterocycles. The highest BCUT2D eigenvalue weighted by Crippen LogP contribution is 2.26. The molecular formula is C22H26ClFN2O. The summed E-state index contributed by atoms with van der Waals surface area (Å²) < 4.78 is 13.3. The number of rotatable bonds is 5. The number of likely N-dealkylation sites (tertiary alicyclic amines) is 1. The number of piperidine rings is 1. The highest BCUT2D eigenvalue weighted by Gasteiger charge is 2.28. The number of carbonyl (C=O) groups excluding carboxylic acids is 1. The predicted molar refractivity (Wildman–Crippen MR) is 109 cm³/mol. The number of anilines is 1. The second-order valence-electron chi connectivity index (χ2n) is 7.21. The van der Waals surface area contributed by atoms with E-state index < -0.39 is 0 Å². The average Bonchev–Trinajstić information content (AvgIpc) is 2.67. The van der Waals surface area contributed by atoms with Gasteiger partial charge in [0.1, 0.15) is 5.82 Å². The van der Waals surface area contributed by atoms with Gasteiger partial charge in [-0.3, -0.25) is 9.69 Å². The molecule has 0 spiro atoms. The average molecular weight is 389 g/mol. The summed E-state index contributed by atoms with van der Waals surface area (Å²) in [6.45, 7) is 6.52. The van der Waals surface area contributed by atoms with Crippen LogP contribution >= 0.6 is 11.6 Å². The van der Waals surface area contributed by atoms with Gasteiger partial charge < -0.3 is 4.90 Å². The fraction of sp³-hybridized carbons (Fsp3) is 0.409. The molecule has 0 N–H and O–H groups in total. The lowest BCUT2D eigenvalue weighted by Crippen LogP contribution is -2.47. The second-order valence-corrected chi connectivity index (χ2v) is 7.62. The van der Waals surface area contributed by atoms with E-state index in [9.17, 15) is 9.18 Å². The normalized spacial score (nSPS) is 15.7. The first-order valence-electron chi connectivity index (χ1n) is 9.53. The van der Waals surface area contributed by atoms with Crippen molar-refractivity contribution in [2.45, 2.75) is 45.7 Å². The number of nitrogens with zero attached hydrogens (tertiary/aromatic N) is 2. The Labute approximate surface area is 165 Å². The van der Waals surface area contributed by atoms with E-state index in [0.29, 0.717) is 6.42 Å². The van der Waals surface area contributed by atoms with Crippen molar-refractivity contribution in [1.29, 1.82) is 0 Å². The van der Waals surface area contributed by atoms with Crippen molar-refractivity contribution in [3.63, 3.8) is 0 Å².